The van der Waals surface area contributed by atoms with Crippen molar-refractivity contribution in [3.05, 3.63) is 22.9 Å². The van der Waals surface area contributed by atoms with Crippen LogP contribution in [-0.4, -0.2) is 50.6 Å². The van der Waals surface area contributed by atoms with E-state index in [9.17, 15) is 19.8 Å². The van der Waals surface area contributed by atoms with Gasteiger partial charge in [0.1, 0.15) is 5.70 Å². The molecule has 6 heteroatoms. The fraction of sp³-hybridized carbons (Fsp3) is 0.538. The van der Waals surface area contributed by atoms with Crippen molar-refractivity contribution in [3.8, 4) is 0 Å². The van der Waals surface area contributed by atoms with Crippen molar-refractivity contribution in [1.29, 1.82) is 0 Å². The molecule has 5 nitrogen and oxygen atoms in total. The average molecular weight is 281 g/mol. The summed E-state index contributed by atoms with van der Waals surface area (Å²) in [7, 11) is 0. The van der Waals surface area contributed by atoms with Crippen molar-refractivity contribution in [2.45, 2.75) is 25.5 Å². The van der Waals surface area contributed by atoms with Crippen LogP contribution in [0.3, 0.4) is 0 Å². The third-order valence-corrected chi connectivity index (χ3v) is 4.94. The molecule has 3 heterocycles. The minimum Gasteiger partial charge on any atom is -0.477 e. The molecule has 0 aromatic heterocycles. The van der Waals surface area contributed by atoms with E-state index in [2.05, 4.69) is 0 Å². The summed E-state index contributed by atoms with van der Waals surface area (Å²) in [6, 6.07) is -0.180. The molecule has 3 aliphatic heterocycles. The van der Waals surface area contributed by atoms with Gasteiger partial charge in [-0.2, -0.15) is 11.8 Å². The van der Waals surface area contributed by atoms with E-state index in [1.54, 1.807) is 18.7 Å². The molecule has 0 aliphatic carbocycles. The molecule has 3 atom stereocenters. The Labute approximate surface area is 115 Å². The Kier molecular flexibility index (Phi) is 2.94. The molecular weight excluding hydrogens is 266 g/mol. The number of thioether (sulfide) groups is 1. The van der Waals surface area contributed by atoms with Crippen LogP contribution in [0.5, 0.6) is 0 Å². The largest absolute Gasteiger partial charge is 0.477 e. The van der Waals surface area contributed by atoms with Gasteiger partial charge in [0.05, 0.1) is 18.1 Å². The molecule has 2 N–H and O–H groups in total. The molecule has 1 amide bonds. The Morgan fingerprint density at radius 3 is 2.84 bits per heavy atom. The van der Waals surface area contributed by atoms with Gasteiger partial charge in [-0.3, -0.25) is 4.79 Å². The van der Waals surface area contributed by atoms with Gasteiger partial charge < -0.3 is 15.1 Å². The van der Waals surface area contributed by atoms with Crippen LogP contribution in [-0.2, 0) is 9.59 Å². The number of aliphatic carboxylic acids is 1. The number of carboxylic acid groups (broad SMARTS) is 1. The molecular formula is C13H15NO4S. The number of rotatable bonds is 3. The van der Waals surface area contributed by atoms with Crippen molar-refractivity contribution in [2.75, 3.05) is 11.5 Å². The number of nitrogens with zero attached hydrogens (tertiary/aromatic N) is 1. The molecule has 0 spiro atoms. The van der Waals surface area contributed by atoms with Gasteiger partial charge in [0.15, 0.2) is 0 Å². The van der Waals surface area contributed by atoms with Gasteiger partial charge >= 0.3 is 5.97 Å². The predicted molar refractivity (Wildman–Crippen MR) is 70.5 cm³/mol. The molecule has 3 aliphatic rings. The van der Waals surface area contributed by atoms with Crippen LogP contribution in [0.25, 0.3) is 0 Å². The molecule has 0 saturated carbocycles. The van der Waals surface area contributed by atoms with Gasteiger partial charge in [-0.15, -0.1) is 0 Å². The van der Waals surface area contributed by atoms with E-state index in [4.69, 9.17) is 0 Å². The Bertz CT molecular complexity index is 523. The third kappa shape index (κ3) is 1.74. The van der Waals surface area contributed by atoms with Crippen molar-refractivity contribution >= 4 is 23.6 Å². The number of carbonyl (C=O) groups is 2. The number of carbonyl (C=O) groups excluding carboxylic acids is 1. The number of hydrogen-bond acceptors (Lipinski definition) is 4. The monoisotopic (exact) mass is 281 g/mol. The lowest BCUT2D eigenvalue weighted by atomic mass is 9.82. The summed E-state index contributed by atoms with van der Waals surface area (Å²) in [5.41, 5.74) is 1.94. The lowest BCUT2D eigenvalue weighted by Crippen LogP contribution is -2.61. The first-order valence-electron chi connectivity index (χ1n) is 6.27. The maximum Gasteiger partial charge on any atom is 0.352 e. The second-order valence-electron chi connectivity index (χ2n) is 5.12. The highest BCUT2D eigenvalue weighted by Gasteiger charge is 2.56. The van der Waals surface area contributed by atoms with Crippen LogP contribution < -0.4 is 0 Å². The van der Waals surface area contributed by atoms with Crippen LogP contribution in [0.15, 0.2) is 22.9 Å². The van der Waals surface area contributed by atoms with E-state index in [0.29, 0.717) is 6.42 Å². The fourth-order valence-electron chi connectivity index (χ4n) is 3.15. The smallest absolute Gasteiger partial charge is 0.352 e. The number of aliphatic hydroxyl groups excluding tert-OH is 1. The van der Waals surface area contributed by atoms with Crippen LogP contribution in [0, 0.1) is 5.92 Å². The van der Waals surface area contributed by atoms with E-state index in [-0.39, 0.29) is 17.6 Å². The summed E-state index contributed by atoms with van der Waals surface area (Å²) in [4.78, 5) is 24.8. The SMILES string of the molecule is C[C@@H](O)[C@H]1C(=O)N2C(C(=O)O)=C(C3=CCSC3)C[C@H]12. The summed E-state index contributed by atoms with van der Waals surface area (Å²) in [5.74, 6) is -0.0717. The molecule has 102 valence electrons. The zero-order valence-electron chi connectivity index (χ0n) is 10.5. The molecule has 0 aromatic rings. The maximum atomic E-state index is 12.0. The zero-order chi connectivity index (χ0) is 13.7. The van der Waals surface area contributed by atoms with Crippen molar-refractivity contribution in [1.82, 2.24) is 4.90 Å². The van der Waals surface area contributed by atoms with Gasteiger partial charge in [0.2, 0.25) is 5.91 Å². The normalized spacial score (nSPS) is 31.2. The van der Waals surface area contributed by atoms with E-state index in [1.165, 1.54) is 4.90 Å². The van der Waals surface area contributed by atoms with Gasteiger partial charge in [-0.25, -0.2) is 4.79 Å². The average Bonchev–Trinajstić information content (AvgIpc) is 2.92. The first kappa shape index (κ1) is 12.7. The highest BCUT2D eigenvalue weighted by molar-refractivity contribution is 7.99. The molecule has 0 aromatic carbocycles. The molecule has 0 unspecified atom stereocenters. The molecule has 1 saturated heterocycles. The highest BCUT2D eigenvalue weighted by atomic mass is 32.2. The van der Waals surface area contributed by atoms with E-state index >= 15 is 0 Å². The van der Waals surface area contributed by atoms with E-state index in [1.807, 2.05) is 6.08 Å². The van der Waals surface area contributed by atoms with Crippen LogP contribution >= 0.6 is 11.8 Å². The molecule has 3 rings (SSSR count). The summed E-state index contributed by atoms with van der Waals surface area (Å²) in [5, 5.41) is 19.0. The summed E-state index contributed by atoms with van der Waals surface area (Å²) >= 11 is 1.74. The second-order valence-corrected chi connectivity index (χ2v) is 6.15. The lowest BCUT2D eigenvalue weighted by Gasteiger charge is -2.44. The Morgan fingerprint density at radius 2 is 2.32 bits per heavy atom. The molecule has 1 fully saturated rings. The Balaban J connectivity index is 1.96. The van der Waals surface area contributed by atoms with Gasteiger partial charge in [0, 0.05) is 11.5 Å². The number of β-lactam (4-membered cyclic amide) rings is 1. The number of amides is 1. The van der Waals surface area contributed by atoms with Crippen LogP contribution in [0.1, 0.15) is 13.3 Å². The van der Waals surface area contributed by atoms with Crippen molar-refractivity contribution in [3.63, 3.8) is 0 Å². The number of hydrogen-bond donors (Lipinski definition) is 2. The highest BCUT2D eigenvalue weighted by Crippen LogP contribution is 2.46. The van der Waals surface area contributed by atoms with Crippen LogP contribution in [0.2, 0.25) is 0 Å². The van der Waals surface area contributed by atoms with Gasteiger partial charge in [-0.05, 0) is 24.5 Å². The van der Waals surface area contributed by atoms with Crippen LogP contribution in [0.4, 0.5) is 0 Å². The number of aliphatic hydroxyl groups is 1. The Hall–Kier alpha value is -1.27. The second kappa shape index (κ2) is 4.38. The topological polar surface area (TPSA) is 77.8 Å². The van der Waals surface area contributed by atoms with E-state index < -0.39 is 18.0 Å². The zero-order valence-corrected chi connectivity index (χ0v) is 11.3. The lowest BCUT2D eigenvalue weighted by molar-refractivity contribution is -0.161. The summed E-state index contributed by atoms with van der Waals surface area (Å²) in [6.07, 6.45) is 1.86. The minimum absolute atomic E-state index is 0.126. The van der Waals surface area contributed by atoms with Gasteiger partial charge in [0.25, 0.3) is 0 Å². The molecule has 0 bridgehead atoms. The molecule has 19 heavy (non-hydrogen) atoms. The minimum atomic E-state index is -1.05. The summed E-state index contributed by atoms with van der Waals surface area (Å²) in [6.45, 7) is 1.59. The van der Waals surface area contributed by atoms with Crippen molar-refractivity contribution in [2.24, 2.45) is 5.92 Å². The summed E-state index contributed by atoms with van der Waals surface area (Å²) < 4.78 is 0. The van der Waals surface area contributed by atoms with Crippen molar-refractivity contribution < 1.29 is 19.8 Å². The first-order chi connectivity index (χ1) is 9.02. The fourth-order valence-corrected chi connectivity index (χ4v) is 4.10. The first-order valence-corrected chi connectivity index (χ1v) is 7.42. The maximum absolute atomic E-state index is 12.0. The molecule has 0 radical (unpaired) electrons. The quantitative estimate of drug-likeness (QED) is 0.741. The van der Waals surface area contributed by atoms with Gasteiger partial charge in [-0.1, -0.05) is 6.08 Å². The number of carboxylic acids is 1. The van der Waals surface area contributed by atoms with E-state index in [0.717, 1.165) is 22.7 Å². The Morgan fingerprint density at radius 1 is 1.58 bits per heavy atom. The third-order valence-electron chi connectivity index (χ3n) is 4.02. The standard InChI is InChI=1S/C13H15NO4S/c1-6(15)10-9-4-8(7-2-3-19-5-7)11(13(17)18)14(9)12(10)16/h2,6,9-10,15H,3-5H2,1H3,(H,17,18)/t6-,9-,10-/m1/s1. The predicted octanol–water partition coefficient (Wildman–Crippen LogP) is 0.610. The number of fused-ring (bicyclic) bond motifs is 1.